The minimum Gasteiger partial charge on any atom is -0.290 e. The third-order valence-electron chi connectivity index (χ3n) is 2.48. The molecule has 0 atom stereocenters. The second-order valence-corrected chi connectivity index (χ2v) is 6.12. The van der Waals surface area contributed by atoms with Gasteiger partial charge < -0.3 is 0 Å². The van der Waals surface area contributed by atoms with Gasteiger partial charge in [0.1, 0.15) is 0 Å². The van der Waals surface area contributed by atoms with Gasteiger partial charge in [0.15, 0.2) is 10.1 Å². The maximum atomic E-state index is 11.6. The molecule has 0 unspecified atom stereocenters. The minimum absolute atomic E-state index is 0. The second-order valence-electron chi connectivity index (χ2n) is 4.14. The van der Waals surface area contributed by atoms with E-state index in [2.05, 4.69) is 0 Å². The van der Waals surface area contributed by atoms with Crippen LogP contribution in [0.3, 0.4) is 0 Å². The number of rotatable bonds is 4. The number of ketones is 1. The largest absolute Gasteiger partial charge is 0.290 e. The molecule has 0 saturated carbocycles. The van der Waals surface area contributed by atoms with Crippen LogP contribution in [0, 0.1) is 0 Å². The van der Waals surface area contributed by atoms with Crippen molar-refractivity contribution in [1.29, 1.82) is 0 Å². The number of allylic oxidation sites excluding steroid dienone is 2. The number of alkyl halides is 3. The smallest absolute Gasteiger partial charge is 0.180 e. The van der Waals surface area contributed by atoms with Crippen LogP contribution < -0.4 is 0 Å². The Morgan fingerprint density at radius 3 is 1.29 bits per heavy atom. The van der Waals surface area contributed by atoms with Gasteiger partial charge in [0.25, 0.3) is 0 Å². The van der Waals surface area contributed by atoms with Crippen molar-refractivity contribution >= 4 is 52.7 Å². The summed E-state index contributed by atoms with van der Waals surface area (Å²) in [5.41, 5.74) is 2.05. The Bertz CT molecular complexity index is 560. The van der Waals surface area contributed by atoms with E-state index in [0.717, 1.165) is 11.1 Å². The van der Waals surface area contributed by atoms with E-state index >= 15 is 0 Å². The molecule has 1 nitrogen and oxygen atoms in total. The van der Waals surface area contributed by atoms with Crippen molar-refractivity contribution in [1.82, 2.24) is 0 Å². The molecule has 0 saturated heterocycles. The van der Waals surface area contributed by atoms with E-state index in [-0.39, 0.29) is 46.6 Å². The quantitative estimate of drug-likeness (QED) is 0.254. The van der Waals surface area contributed by atoms with Crippen molar-refractivity contribution < 1.29 is 45.6 Å². The standard InChI is InChI=1S/C17H14O.CHCl3.2Pd/c18-17(13-11-15-7-3-1-4-8-15)14-12-16-9-5-2-6-10-16;2-1(3)4;;/h1-14H;1H;;/b13-11+,14-12+;;;. The molecule has 2 aromatic rings. The van der Waals surface area contributed by atoms with Crippen LogP contribution in [-0.2, 0) is 45.6 Å². The summed E-state index contributed by atoms with van der Waals surface area (Å²) >= 11 is 14.4. The van der Waals surface area contributed by atoms with Crippen LogP contribution >= 0.6 is 34.8 Å². The molecule has 24 heavy (non-hydrogen) atoms. The summed E-state index contributed by atoms with van der Waals surface area (Å²) in [7, 11) is 0. The molecule has 134 valence electrons. The van der Waals surface area contributed by atoms with Crippen LogP contribution in [-0.4, -0.2) is 10.1 Å². The molecule has 0 heterocycles. The molecule has 0 bridgehead atoms. The second kappa shape index (κ2) is 16.3. The van der Waals surface area contributed by atoms with Crippen LogP contribution in [0.15, 0.2) is 72.8 Å². The molecular weight excluding hydrogens is 551 g/mol. The monoisotopic (exact) mass is 564 g/mol. The van der Waals surface area contributed by atoms with Crippen molar-refractivity contribution in [2.24, 2.45) is 0 Å². The van der Waals surface area contributed by atoms with Gasteiger partial charge in [0.05, 0.1) is 0 Å². The summed E-state index contributed by atoms with van der Waals surface area (Å²) in [6, 6.07) is 19.6. The van der Waals surface area contributed by atoms with Gasteiger partial charge in [-0.3, -0.25) is 4.79 Å². The number of carbonyl (C=O) groups is 1. The van der Waals surface area contributed by atoms with E-state index in [4.69, 9.17) is 34.8 Å². The van der Waals surface area contributed by atoms with Gasteiger partial charge >= 0.3 is 0 Å². The Kier molecular flexibility index (Phi) is 17.6. The summed E-state index contributed by atoms with van der Waals surface area (Å²) < 4.78 is -0.750. The van der Waals surface area contributed by atoms with Crippen LogP contribution in [0.2, 0.25) is 0 Å². The fraction of sp³-hybridized carbons (Fsp3) is 0.0556. The van der Waals surface area contributed by atoms with Crippen molar-refractivity contribution in [3.8, 4) is 0 Å². The zero-order valence-corrected chi connectivity index (χ0v) is 17.7. The first-order valence-electron chi connectivity index (χ1n) is 6.50. The summed E-state index contributed by atoms with van der Waals surface area (Å²) in [5, 5.41) is 0. The first-order chi connectivity index (χ1) is 10.6. The van der Waals surface area contributed by atoms with E-state index < -0.39 is 4.30 Å². The van der Waals surface area contributed by atoms with Crippen LogP contribution in [0.5, 0.6) is 0 Å². The Balaban J connectivity index is 0. The molecule has 2 aromatic carbocycles. The van der Waals surface area contributed by atoms with Gasteiger partial charge in [0, 0.05) is 40.8 Å². The molecule has 0 aliphatic heterocycles. The van der Waals surface area contributed by atoms with E-state index in [1.54, 1.807) is 12.2 Å². The molecule has 0 amide bonds. The SMILES string of the molecule is ClC(Cl)Cl.O=C(/C=C/c1ccccc1)/C=C/c1ccccc1.[Pd].[Pd]. The van der Waals surface area contributed by atoms with Gasteiger partial charge in [-0.15, -0.1) is 0 Å². The molecule has 0 aliphatic rings. The molecule has 0 N–H and O–H groups in total. The fourth-order valence-corrected chi connectivity index (χ4v) is 1.54. The van der Waals surface area contributed by atoms with Gasteiger partial charge in [-0.25, -0.2) is 0 Å². The van der Waals surface area contributed by atoms with Crippen LogP contribution in [0.4, 0.5) is 0 Å². The first-order valence-corrected chi connectivity index (χ1v) is 7.81. The van der Waals surface area contributed by atoms with E-state index in [9.17, 15) is 4.79 Å². The topological polar surface area (TPSA) is 17.1 Å². The molecule has 0 aromatic heterocycles. The van der Waals surface area contributed by atoms with Gasteiger partial charge in [-0.05, 0) is 23.3 Å². The minimum atomic E-state index is -0.750. The van der Waals surface area contributed by atoms with E-state index in [1.165, 1.54) is 0 Å². The van der Waals surface area contributed by atoms with Crippen molar-refractivity contribution in [3.63, 3.8) is 0 Å². The normalized spacial score (nSPS) is 9.83. The summed E-state index contributed by atoms with van der Waals surface area (Å²) in [4.78, 5) is 11.6. The average molecular weight is 567 g/mol. The summed E-state index contributed by atoms with van der Waals surface area (Å²) in [6.45, 7) is 0. The zero-order chi connectivity index (χ0) is 16.2. The van der Waals surface area contributed by atoms with Gasteiger partial charge in [-0.2, -0.15) is 0 Å². The Hall–Kier alpha value is -0.215. The zero-order valence-electron chi connectivity index (χ0n) is 12.3. The van der Waals surface area contributed by atoms with E-state index in [1.807, 2.05) is 72.8 Å². The summed E-state index contributed by atoms with van der Waals surface area (Å²) in [6.07, 6.45) is 6.79. The third-order valence-corrected chi connectivity index (χ3v) is 2.48. The molecule has 0 fully saturated rings. The van der Waals surface area contributed by atoms with Crippen LogP contribution in [0.1, 0.15) is 11.1 Å². The number of benzene rings is 2. The van der Waals surface area contributed by atoms with Crippen molar-refractivity contribution in [3.05, 3.63) is 83.9 Å². The van der Waals surface area contributed by atoms with Crippen molar-refractivity contribution in [2.75, 3.05) is 0 Å². The Labute approximate surface area is 185 Å². The summed E-state index contributed by atoms with van der Waals surface area (Å²) in [5.74, 6) is -0.0114. The van der Waals surface area contributed by atoms with Gasteiger partial charge in [0.2, 0.25) is 0 Å². The fourth-order valence-electron chi connectivity index (χ4n) is 1.54. The average Bonchev–Trinajstić information content (AvgIpc) is 2.52. The predicted molar refractivity (Wildman–Crippen MR) is 97.3 cm³/mol. The maximum absolute atomic E-state index is 11.6. The molecule has 0 spiro atoms. The number of hydrogen-bond acceptors (Lipinski definition) is 1. The first kappa shape index (κ1) is 26.0. The molecular formula is C18H15Cl3OPd2. The van der Waals surface area contributed by atoms with Gasteiger partial charge in [-0.1, -0.05) is 108 Å². The number of carbonyl (C=O) groups excluding carboxylic acids is 1. The third kappa shape index (κ3) is 14.2. The molecule has 6 heteroatoms. The predicted octanol–water partition coefficient (Wildman–Crippen LogP) is 5.96. The van der Waals surface area contributed by atoms with Crippen molar-refractivity contribution in [2.45, 2.75) is 4.30 Å². The Morgan fingerprint density at radius 2 is 1.00 bits per heavy atom. The Morgan fingerprint density at radius 1 is 0.708 bits per heavy atom. The number of halogens is 3. The molecule has 0 aliphatic carbocycles. The molecule has 0 radical (unpaired) electrons. The molecule has 2 rings (SSSR count). The van der Waals surface area contributed by atoms with E-state index in [0.29, 0.717) is 0 Å². The number of hydrogen-bond donors (Lipinski definition) is 0. The maximum Gasteiger partial charge on any atom is 0.180 e. The van der Waals surface area contributed by atoms with Crippen LogP contribution in [0.25, 0.3) is 12.2 Å².